The summed E-state index contributed by atoms with van der Waals surface area (Å²) in [5.74, 6) is -5.68. The van der Waals surface area contributed by atoms with Gasteiger partial charge in [-0.25, -0.2) is 4.90 Å². The molecule has 0 spiro atoms. The van der Waals surface area contributed by atoms with E-state index in [1.807, 2.05) is 0 Å². The molecule has 0 radical (unpaired) electrons. The van der Waals surface area contributed by atoms with Crippen LogP contribution in [0, 0.1) is 38.0 Å². The van der Waals surface area contributed by atoms with Gasteiger partial charge in [0.1, 0.15) is 5.75 Å². The third-order valence-corrected chi connectivity index (χ3v) is 8.96. The minimum absolute atomic E-state index is 0.00505. The molecule has 224 valence electrons. The number of carbonyl (C=O) groups is 4. The van der Waals surface area contributed by atoms with Gasteiger partial charge in [-0.1, -0.05) is 29.8 Å². The number of phenolic OH excluding ortho intramolecular Hbond substituents is 1. The van der Waals surface area contributed by atoms with Crippen LogP contribution in [0.25, 0.3) is 0 Å². The number of allylic oxidation sites excluding steroid dienone is 6. The van der Waals surface area contributed by atoms with Crippen molar-refractivity contribution in [1.82, 2.24) is 0 Å². The molecule has 1 N–H and O–H groups in total. The van der Waals surface area contributed by atoms with E-state index in [4.69, 9.17) is 0 Å². The summed E-state index contributed by atoms with van der Waals surface area (Å²) < 4.78 is 0. The number of para-hydroxylation sites is 1. The average molecular weight is 599 g/mol. The number of aromatic hydroxyl groups is 1. The number of hydrogen-bond donors (Lipinski definition) is 1. The molecule has 1 saturated heterocycles. The van der Waals surface area contributed by atoms with Crippen molar-refractivity contribution in [2.75, 3.05) is 23.9 Å². The molecular weight excluding hydrogens is 572 g/mol. The van der Waals surface area contributed by atoms with Gasteiger partial charge in [0, 0.05) is 54.4 Å². The Morgan fingerprint density at radius 3 is 2.18 bits per heavy atom. The Kier molecular flexibility index (Phi) is 6.56. The van der Waals surface area contributed by atoms with Crippen LogP contribution in [0.4, 0.5) is 22.7 Å². The number of ketones is 2. The third kappa shape index (κ3) is 4.07. The molecule has 6 rings (SSSR count). The largest absolute Gasteiger partial charge is 0.508 e. The maximum atomic E-state index is 14.2. The smallest absolute Gasteiger partial charge is 0.301 e. The van der Waals surface area contributed by atoms with E-state index in [0.29, 0.717) is 11.1 Å². The van der Waals surface area contributed by atoms with Gasteiger partial charge in [0.15, 0.2) is 17.3 Å². The fraction of sp³-hybridized carbons (Fsp3) is 0.290. The number of anilines is 2. The van der Waals surface area contributed by atoms with Crippen LogP contribution < -0.4 is 9.80 Å². The van der Waals surface area contributed by atoms with E-state index in [1.165, 1.54) is 38.1 Å². The number of nitro benzene ring substituents is 2. The monoisotopic (exact) mass is 598 g/mol. The van der Waals surface area contributed by atoms with Crippen molar-refractivity contribution in [2.24, 2.45) is 17.8 Å². The predicted molar refractivity (Wildman–Crippen MR) is 156 cm³/mol. The van der Waals surface area contributed by atoms with Gasteiger partial charge >= 0.3 is 11.4 Å². The second-order valence-electron chi connectivity index (χ2n) is 11.5. The Labute approximate surface area is 250 Å². The first-order valence-corrected chi connectivity index (χ1v) is 13.8. The number of nitrogens with zero attached hydrogens (tertiary/aromatic N) is 4. The Hall–Kier alpha value is -5.46. The van der Waals surface area contributed by atoms with Crippen molar-refractivity contribution in [2.45, 2.75) is 25.7 Å². The number of benzene rings is 2. The maximum Gasteiger partial charge on any atom is 0.301 e. The van der Waals surface area contributed by atoms with Gasteiger partial charge in [0.2, 0.25) is 11.8 Å². The summed E-state index contributed by atoms with van der Waals surface area (Å²) in [6.45, 7) is 1.53. The van der Waals surface area contributed by atoms with Gasteiger partial charge in [-0.2, -0.15) is 0 Å². The third-order valence-electron chi connectivity index (χ3n) is 8.96. The lowest BCUT2D eigenvalue weighted by atomic mass is 9.59. The molecule has 2 amide bonds. The SMILES string of the molecule is CC1=CC(=O)C2=C(CC3C(=CCC4C(=O)N(c5cc([N+](=O)[O-])c(N(C)C)c([N+](=O)[O-])c5)C(=O)C43)C2c2ccccc2O)C1=O. The highest BCUT2D eigenvalue weighted by atomic mass is 16.6. The van der Waals surface area contributed by atoms with Crippen LogP contribution in [-0.4, -0.2) is 52.4 Å². The van der Waals surface area contributed by atoms with E-state index in [-0.39, 0.29) is 58.3 Å². The Balaban J connectivity index is 1.49. The Bertz CT molecular complexity index is 1800. The van der Waals surface area contributed by atoms with Gasteiger partial charge in [0.05, 0.1) is 27.4 Å². The van der Waals surface area contributed by atoms with Gasteiger partial charge in [-0.05, 0) is 37.8 Å². The molecule has 0 aromatic heterocycles. The molecule has 0 saturated carbocycles. The molecule has 1 fully saturated rings. The number of Topliss-reactive ketones (excluding diaryl/α,β-unsaturated/α-hetero) is 1. The lowest BCUT2D eigenvalue weighted by molar-refractivity contribution is -0.392. The molecule has 1 aliphatic heterocycles. The van der Waals surface area contributed by atoms with Crippen LogP contribution in [-0.2, 0) is 19.2 Å². The van der Waals surface area contributed by atoms with Crippen LogP contribution in [0.15, 0.2) is 70.8 Å². The Morgan fingerprint density at radius 1 is 0.955 bits per heavy atom. The normalized spacial score (nSPS) is 24.4. The first kappa shape index (κ1) is 28.6. The first-order valence-electron chi connectivity index (χ1n) is 13.8. The zero-order chi connectivity index (χ0) is 31.8. The van der Waals surface area contributed by atoms with E-state index in [0.717, 1.165) is 17.0 Å². The highest BCUT2D eigenvalue weighted by Gasteiger charge is 2.57. The van der Waals surface area contributed by atoms with Crippen LogP contribution in [0.3, 0.4) is 0 Å². The molecule has 4 atom stereocenters. The molecular formula is C31H26N4O9. The highest BCUT2D eigenvalue weighted by Crippen LogP contribution is 2.56. The number of rotatable bonds is 5. The van der Waals surface area contributed by atoms with Gasteiger partial charge in [-0.15, -0.1) is 0 Å². The number of hydrogen-bond acceptors (Lipinski definition) is 10. The fourth-order valence-electron chi connectivity index (χ4n) is 7.18. The molecule has 2 aromatic rings. The van der Waals surface area contributed by atoms with Gasteiger partial charge in [-0.3, -0.25) is 39.4 Å². The summed E-state index contributed by atoms with van der Waals surface area (Å²) in [6.07, 6.45) is 3.12. The van der Waals surface area contributed by atoms with Crippen LogP contribution in [0.5, 0.6) is 5.75 Å². The number of carbonyl (C=O) groups excluding carboxylic acids is 4. The van der Waals surface area contributed by atoms with Crippen LogP contribution >= 0.6 is 0 Å². The molecule has 44 heavy (non-hydrogen) atoms. The van der Waals surface area contributed by atoms with Crippen LogP contribution in [0.1, 0.15) is 31.2 Å². The van der Waals surface area contributed by atoms with Crippen molar-refractivity contribution in [1.29, 1.82) is 0 Å². The quantitative estimate of drug-likeness (QED) is 0.174. The lowest BCUT2D eigenvalue weighted by Gasteiger charge is -2.42. The minimum Gasteiger partial charge on any atom is -0.508 e. The van der Waals surface area contributed by atoms with Crippen molar-refractivity contribution in [3.05, 3.63) is 96.6 Å². The summed E-state index contributed by atoms with van der Waals surface area (Å²) in [5, 5.41) is 34.7. The van der Waals surface area contributed by atoms with Gasteiger partial charge < -0.3 is 10.0 Å². The van der Waals surface area contributed by atoms with Gasteiger partial charge in [0.25, 0.3) is 0 Å². The zero-order valence-corrected chi connectivity index (χ0v) is 23.8. The fourth-order valence-corrected chi connectivity index (χ4v) is 7.18. The summed E-state index contributed by atoms with van der Waals surface area (Å²) in [5.41, 5.74) is -0.204. The maximum absolute atomic E-state index is 14.2. The minimum atomic E-state index is -1.01. The van der Waals surface area contributed by atoms with Crippen molar-refractivity contribution < 1.29 is 34.1 Å². The van der Waals surface area contributed by atoms with E-state index >= 15 is 0 Å². The van der Waals surface area contributed by atoms with E-state index in [1.54, 1.807) is 24.3 Å². The van der Waals surface area contributed by atoms with Crippen molar-refractivity contribution >= 4 is 46.1 Å². The summed E-state index contributed by atoms with van der Waals surface area (Å²) in [6, 6.07) is 8.37. The molecule has 2 aromatic carbocycles. The molecule has 1 heterocycles. The summed E-state index contributed by atoms with van der Waals surface area (Å²) >= 11 is 0. The number of imide groups is 1. The average Bonchev–Trinajstić information content (AvgIpc) is 3.23. The highest BCUT2D eigenvalue weighted by molar-refractivity contribution is 6.25. The van der Waals surface area contributed by atoms with Crippen LogP contribution in [0.2, 0.25) is 0 Å². The molecule has 3 aliphatic carbocycles. The molecule has 0 bridgehead atoms. The van der Waals surface area contributed by atoms with E-state index < -0.39 is 56.7 Å². The topological polar surface area (TPSA) is 181 Å². The number of phenols is 1. The van der Waals surface area contributed by atoms with Crippen molar-refractivity contribution in [3.63, 3.8) is 0 Å². The summed E-state index contributed by atoms with van der Waals surface area (Å²) in [7, 11) is 2.81. The lowest BCUT2D eigenvalue weighted by Crippen LogP contribution is -2.39. The van der Waals surface area contributed by atoms with Crippen molar-refractivity contribution in [3.8, 4) is 5.75 Å². The molecule has 13 heteroatoms. The standard InChI is InChI=1S/C31H26N4O9/c1-14-10-24(37)27-20(29(14)38)13-19-16(25(27)17-6-4-5-7-23(17)36)8-9-18-26(19)31(40)33(30(18)39)15-11-21(34(41)42)28(32(2)3)22(12-15)35(43)44/h4-8,10-12,18-19,25-26,36H,9,13H2,1-3H3. The number of fused-ring (bicyclic) bond motifs is 3. The molecule has 4 unspecified atom stereocenters. The molecule has 4 aliphatic rings. The van der Waals surface area contributed by atoms with E-state index in [9.17, 15) is 44.5 Å². The second-order valence-corrected chi connectivity index (χ2v) is 11.5. The van der Waals surface area contributed by atoms with E-state index in [2.05, 4.69) is 0 Å². The number of amides is 2. The Morgan fingerprint density at radius 2 is 1.59 bits per heavy atom. The molecule has 13 nitrogen and oxygen atoms in total. The number of nitro groups is 2. The summed E-state index contributed by atoms with van der Waals surface area (Å²) in [4.78, 5) is 79.0. The predicted octanol–water partition coefficient (Wildman–Crippen LogP) is 3.91. The first-order chi connectivity index (χ1) is 20.8. The zero-order valence-electron chi connectivity index (χ0n) is 23.8. The second kappa shape index (κ2) is 10.1.